The molecule has 1 N–H and O–H groups in total. The molecule has 0 aliphatic heterocycles. The summed E-state index contributed by atoms with van der Waals surface area (Å²) in [5.74, 6) is 0.354. The largest absolute Gasteiger partial charge is 0.465 e. The van der Waals surface area contributed by atoms with Crippen LogP contribution >= 0.6 is 11.8 Å². The van der Waals surface area contributed by atoms with Crippen LogP contribution in [0.15, 0.2) is 87.2 Å². The average Bonchev–Trinajstić information content (AvgIpc) is 3.16. The number of nitrogens with one attached hydrogen (secondary N) is 1. The van der Waals surface area contributed by atoms with Crippen LogP contribution in [0.4, 0.5) is 11.4 Å². The highest BCUT2D eigenvalue weighted by Gasteiger charge is 2.05. The molecule has 0 spiro atoms. The summed E-state index contributed by atoms with van der Waals surface area (Å²) < 4.78 is 5.12. The van der Waals surface area contributed by atoms with E-state index < -0.39 is 4.92 Å². The van der Waals surface area contributed by atoms with Crippen molar-refractivity contribution in [3.63, 3.8) is 0 Å². The van der Waals surface area contributed by atoms with Gasteiger partial charge in [0.1, 0.15) is 5.76 Å². The molecule has 0 radical (unpaired) electrons. The second kappa shape index (κ2) is 8.17. The van der Waals surface area contributed by atoms with E-state index in [-0.39, 0.29) is 11.6 Å². The van der Waals surface area contributed by atoms with Crippen LogP contribution in [0.2, 0.25) is 0 Å². The SMILES string of the molecule is O=C(/C=C/c1ccco1)Nc1ccc(Sc2ccc([N+](=O)[O-])cc2)cc1. The van der Waals surface area contributed by atoms with Crippen molar-refractivity contribution in [2.45, 2.75) is 9.79 Å². The van der Waals surface area contributed by atoms with Crippen molar-refractivity contribution in [3.05, 3.63) is 88.9 Å². The van der Waals surface area contributed by atoms with Gasteiger partial charge in [-0.2, -0.15) is 0 Å². The maximum atomic E-state index is 11.9. The number of carbonyl (C=O) groups is 1. The van der Waals surface area contributed by atoms with Crippen molar-refractivity contribution in [1.82, 2.24) is 0 Å². The second-order valence-electron chi connectivity index (χ2n) is 5.22. The number of carbonyl (C=O) groups excluding carboxylic acids is 1. The van der Waals surface area contributed by atoms with E-state index in [1.54, 1.807) is 48.7 Å². The van der Waals surface area contributed by atoms with Gasteiger partial charge in [-0.25, -0.2) is 0 Å². The smallest absolute Gasteiger partial charge is 0.269 e. The standard InChI is InChI=1S/C19H14N2O4S/c22-19(12-7-16-2-1-13-25-16)20-14-3-8-17(9-4-14)26-18-10-5-15(6-11-18)21(23)24/h1-13H,(H,20,22)/b12-7+. The average molecular weight is 366 g/mol. The van der Waals surface area contributed by atoms with Crippen molar-refractivity contribution >= 4 is 35.1 Å². The predicted molar refractivity (Wildman–Crippen MR) is 100 cm³/mol. The number of hydrogen-bond donors (Lipinski definition) is 1. The molecule has 6 nitrogen and oxygen atoms in total. The Bertz CT molecular complexity index is 917. The first kappa shape index (κ1) is 17.5. The van der Waals surface area contributed by atoms with Crippen molar-refractivity contribution in [3.8, 4) is 0 Å². The number of benzene rings is 2. The first-order valence-electron chi connectivity index (χ1n) is 7.65. The van der Waals surface area contributed by atoms with Gasteiger partial charge in [0, 0.05) is 33.7 Å². The lowest BCUT2D eigenvalue weighted by Crippen LogP contribution is -2.07. The minimum absolute atomic E-state index is 0.0648. The zero-order chi connectivity index (χ0) is 18.4. The summed E-state index contributed by atoms with van der Waals surface area (Å²) in [6, 6.07) is 17.2. The van der Waals surface area contributed by atoms with Gasteiger partial charge in [0.15, 0.2) is 0 Å². The minimum Gasteiger partial charge on any atom is -0.465 e. The van der Waals surface area contributed by atoms with Gasteiger partial charge in [0.05, 0.1) is 11.2 Å². The van der Waals surface area contributed by atoms with Gasteiger partial charge in [0.2, 0.25) is 5.91 Å². The molecule has 1 amide bonds. The molecule has 3 rings (SSSR count). The Kier molecular flexibility index (Phi) is 5.50. The Balaban J connectivity index is 1.57. The highest BCUT2D eigenvalue weighted by atomic mass is 32.2. The fraction of sp³-hybridized carbons (Fsp3) is 0. The summed E-state index contributed by atoms with van der Waals surface area (Å²) in [4.78, 5) is 24.0. The van der Waals surface area contributed by atoms with E-state index in [9.17, 15) is 14.9 Å². The number of nitro benzene ring substituents is 1. The van der Waals surface area contributed by atoms with Crippen LogP contribution in [0.25, 0.3) is 6.08 Å². The van der Waals surface area contributed by atoms with Crippen LogP contribution in [0, 0.1) is 10.1 Å². The van der Waals surface area contributed by atoms with Gasteiger partial charge >= 0.3 is 0 Å². The third-order valence-electron chi connectivity index (χ3n) is 3.35. The molecule has 0 saturated heterocycles. The van der Waals surface area contributed by atoms with Crippen LogP contribution in [0.3, 0.4) is 0 Å². The molecule has 1 heterocycles. The molecule has 0 bridgehead atoms. The number of non-ortho nitro benzene ring substituents is 1. The van der Waals surface area contributed by atoms with Gasteiger partial charge in [0.25, 0.3) is 5.69 Å². The van der Waals surface area contributed by atoms with Crippen molar-refractivity contribution in [2.75, 3.05) is 5.32 Å². The molecule has 0 fully saturated rings. The second-order valence-corrected chi connectivity index (χ2v) is 6.36. The summed E-state index contributed by atoms with van der Waals surface area (Å²) in [7, 11) is 0. The Labute approximate surface area is 153 Å². The molecule has 2 aromatic carbocycles. The normalized spacial score (nSPS) is 10.8. The van der Waals surface area contributed by atoms with Crippen LogP contribution in [0.1, 0.15) is 5.76 Å². The Hall–Kier alpha value is -3.32. The van der Waals surface area contributed by atoms with Crippen molar-refractivity contribution in [1.29, 1.82) is 0 Å². The van der Waals surface area contributed by atoms with Gasteiger partial charge in [-0.3, -0.25) is 14.9 Å². The Morgan fingerprint density at radius 1 is 1.04 bits per heavy atom. The zero-order valence-corrected chi connectivity index (χ0v) is 14.3. The van der Waals surface area contributed by atoms with E-state index in [2.05, 4.69) is 5.32 Å². The Morgan fingerprint density at radius 2 is 1.69 bits per heavy atom. The molecule has 130 valence electrons. The third-order valence-corrected chi connectivity index (χ3v) is 4.36. The lowest BCUT2D eigenvalue weighted by atomic mass is 10.3. The molecule has 0 aliphatic carbocycles. The molecule has 0 aliphatic rings. The maximum Gasteiger partial charge on any atom is 0.269 e. The first-order chi connectivity index (χ1) is 12.6. The van der Waals surface area contributed by atoms with Crippen LogP contribution in [-0.4, -0.2) is 10.8 Å². The number of nitro groups is 1. The van der Waals surface area contributed by atoms with Crippen molar-refractivity contribution in [2.24, 2.45) is 0 Å². The topological polar surface area (TPSA) is 85.4 Å². The van der Waals surface area contributed by atoms with Gasteiger partial charge < -0.3 is 9.73 Å². The van der Waals surface area contributed by atoms with E-state index in [4.69, 9.17) is 4.42 Å². The molecule has 3 aromatic rings. The quantitative estimate of drug-likeness (QED) is 0.377. The molecular weight excluding hydrogens is 352 g/mol. The van der Waals surface area contributed by atoms with E-state index in [1.807, 2.05) is 12.1 Å². The van der Waals surface area contributed by atoms with Gasteiger partial charge in [-0.1, -0.05) is 11.8 Å². The van der Waals surface area contributed by atoms with E-state index >= 15 is 0 Å². The minimum atomic E-state index is -0.424. The Morgan fingerprint density at radius 3 is 2.27 bits per heavy atom. The first-order valence-corrected chi connectivity index (χ1v) is 8.47. The number of amides is 1. The summed E-state index contributed by atoms with van der Waals surface area (Å²) >= 11 is 1.48. The lowest BCUT2D eigenvalue weighted by molar-refractivity contribution is -0.384. The summed E-state index contributed by atoms with van der Waals surface area (Å²) in [6.07, 6.45) is 4.53. The highest BCUT2D eigenvalue weighted by molar-refractivity contribution is 7.99. The monoisotopic (exact) mass is 366 g/mol. The highest BCUT2D eigenvalue weighted by Crippen LogP contribution is 2.29. The fourth-order valence-corrected chi connectivity index (χ4v) is 2.92. The molecule has 1 aromatic heterocycles. The molecule has 0 unspecified atom stereocenters. The molecule has 0 saturated carbocycles. The van der Waals surface area contributed by atoms with Crippen LogP contribution < -0.4 is 5.32 Å². The molecule has 0 atom stereocenters. The van der Waals surface area contributed by atoms with E-state index in [0.29, 0.717) is 11.4 Å². The number of hydrogen-bond acceptors (Lipinski definition) is 5. The summed E-state index contributed by atoms with van der Waals surface area (Å²) in [6.45, 7) is 0. The summed E-state index contributed by atoms with van der Waals surface area (Å²) in [5, 5.41) is 13.4. The number of anilines is 1. The van der Waals surface area contributed by atoms with E-state index in [0.717, 1.165) is 9.79 Å². The van der Waals surface area contributed by atoms with Crippen molar-refractivity contribution < 1.29 is 14.1 Å². The maximum absolute atomic E-state index is 11.9. The fourth-order valence-electron chi connectivity index (χ4n) is 2.11. The molecule has 26 heavy (non-hydrogen) atoms. The summed E-state index contributed by atoms with van der Waals surface area (Å²) in [5.41, 5.74) is 0.738. The zero-order valence-electron chi connectivity index (χ0n) is 13.5. The number of furan rings is 1. The van der Waals surface area contributed by atoms with Crippen LogP contribution in [-0.2, 0) is 4.79 Å². The van der Waals surface area contributed by atoms with E-state index in [1.165, 1.54) is 30.0 Å². The number of rotatable bonds is 6. The van der Waals surface area contributed by atoms with Gasteiger partial charge in [-0.15, -0.1) is 0 Å². The third kappa shape index (κ3) is 4.84. The number of nitrogens with zero attached hydrogens (tertiary/aromatic N) is 1. The molecular formula is C19H14N2O4S. The lowest BCUT2D eigenvalue weighted by Gasteiger charge is -2.05. The molecule has 7 heteroatoms. The van der Waals surface area contributed by atoms with Gasteiger partial charge in [-0.05, 0) is 54.6 Å². The van der Waals surface area contributed by atoms with Crippen LogP contribution in [0.5, 0.6) is 0 Å². The predicted octanol–water partition coefficient (Wildman–Crippen LogP) is 4.99.